The maximum Gasteiger partial charge on any atom is 0.249 e. The Morgan fingerprint density at radius 2 is 1.55 bits per heavy atom. The monoisotopic (exact) mass is 474 g/mol. The van der Waals surface area contributed by atoms with Crippen molar-refractivity contribution >= 4 is 50.9 Å². The van der Waals surface area contributed by atoms with Crippen LogP contribution < -0.4 is 10.5 Å². The molecule has 0 radical (unpaired) electrons. The zero-order valence-corrected chi connectivity index (χ0v) is 19.3. The van der Waals surface area contributed by atoms with Gasteiger partial charge in [-0.15, -0.1) is 0 Å². The number of ether oxygens (including phenoxy) is 1. The van der Waals surface area contributed by atoms with Gasteiger partial charge >= 0.3 is 0 Å². The minimum Gasteiger partial charge on any atom is -0.497 e. The van der Waals surface area contributed by atoms with Crippen molar-refractivity contribution in [2.24, 2.45) is 5.73 Å². The average Bonchev–Trinajstić information content (AvgIpc) is 3.14. The van der Waals surface area contributed by atoms with Gasteiger partial charge in [-0.05, 0) is 53.6 Å². The topological polar surface area (TPSA) is 57.2 Å². The van der Waals surface area contributed by atoms with Gasteiger partial charge in [0.2, 0.25) is 5.91 Å². The number of carbonyl (C=O) groups is 1. The molecule has 4 aromatic carbocycles. The van der Waals surface area contributed by atoms with Crippen LogP contribution in [-0.2, 0) is 6.54 Å². The number of hydrogen-bond donors (Lipinski definition) is 1. The molecule has 33 heavy (non-hydrogen) atoms. The van der Waals surface area contributed by atoms with E-state index in [0.29, 0.717) is 22.2 Å². The molecule has 0 spiro atoms. The second-order valence-electron chi connectivity index (χ2n) is 7.81. The van der Waals surface area contributed by atoms with Crippen LogP contribution in [0.5, 0.6) is 5.75 Å². The summed E-state index contributed by atoms with van der Waals surface area (Å²) in [6.45, 7) is 0.451. The van der Waals surface area contributed by atoms with Crippen LogP contribution in [0.2, 0.25) is 10.0 Å². The Bertz CT molecular complexity index is 1500. The van der Waals surface area contributed by atoms with Crippen molar-refractivity contribution in [1.82, 2.24) is 4.57 Å². The van der Waals surface area contributed by atoms with E-state index in [4.69, 9.17) is 33.7 Å². The standard InChI is InChI=1S/C27H20Cl2N2O2/c1-33-18-11-8-16(9-12-18)17-10-13-19-25(14-17)31(15-21-22(28)5-3-6-23(21)29)24-7-2-4-20(26(19)24)27(30)32/h2-14H,15H2,1H3,(H2,30,32). The molecule has 6 heteroatoms. The van der Waals surface area contributed by atoms with Gasteiger partial charge in [-0.3, -0.25) is 4.79 Å². The van der Waals surface area contributed by atoms with Gasteiger partial charge in [-0.1, -0.05) is 59.6 Å². The van der Waals surface area contributed by atoms with E-state index in [-0.39, 0.29) is 0 Å². The van der Waals surface area contributed by atoms with Gasteiger partial charge in [0.25, 0.3) is 0 Å². The van der Waals surface area contributed by atoms with E-state index in [1.54, 1.807) is 13.2 Å². The van der Waals surface area contributed by atoms with Crippen LogP contribution in [-0.4, -0.2) is 17.6 Å². The van der Waals surface area contributed by atoms with Crippen LogP contribution >= 0.6 is 23.2 Å². The summed E-state index contributed by atoms with van der Waals surface area (Å²) in [5.41, 5.74) is 11.0. The summed E-state index contributed by atoms with van der Waals surface area (Å²) in [6, 6.07) is 25.2. The lowest BCUT2D eigenvalue weighted by atomic mass is 10.0. The normalized spacial score (nSPS) is 11.2. The van der Waals surface area contributed by atoms with Crippen molar-refractivity contribution in [3.8, 4) is 16.9 Å². The summed E-state index contributed by atoms with van der Waals surface area (Å²) < 4.78 is 7.42. The van der Waals surface area contributed by atoms with E-state index in [1.807, 2.05) is 66.7 Å². The quantitative estimate of drug-likeness (QED) is 0.300. The molecule has 0 saturated carbocycles. The van der Waals surface area contributed by atoms with Crippen LogP contribution in [0.3, 0.4) is 0 Å². The molecule has 2 N–H and O–H groups in total. The van der Waals surface area contributed by atoms with E-state index in [2.05, 4.69) is 10.6 Å². The molecule has 0 aliphatic carbocycles. The minimum atomic E-state index is -0.463. The molecule has 0 bridgehead atoms. The number of aromatic nitrogens is 1. The molecule has 1 amide bonds. The average molecular weight is 475 g/mol. The van der Waals surface area contributed by atoms with Gasteiger partial charge in [0.05, 0.1) is 24.7 Å². The van der Waals surface area contributed by atoms with Crippen LogP contribution in [0.4, 0.5) is 0 Å². The molecular formula is C27H20Cl2N2O2. The number of nitrogens with two attached hydrogens (primary N) is 1. The highest BCUT2D eigenvalue weighted by Crippen LogP contribution is 2.36. The fraction of sp³-hybridized carbons (Fsp3) is 0.0741. The van der Waals surface area contributed by atoms with Gasteiger partial charge in [-0.2, -0.15) is 0 Å². The summed E-state index contributed by atoms with van der Waals surface area (Å²) >= 11 is 13.0. The van der Waals surface area contributed by atoms with Crippen LogP contribution in [0, 0.1) is 0 Å². The number of carbonyl (C=O) groups excluding carboxylic acids is 1. The molecular weight excluding hydrogens is 455 g/mol. The van der Waals surface area contributed by atoms with Gasteiger partial charge in [0.15, 0.2) is 0 Å². The van der Waals surface area contributed by atoms with Crippen molar-refractivity contribution in [1.29, 1.82) is 0 Å². The van der Waals surface area contributed by atoms with Gasteiger partial charge in [0.1, 0.15) is 5.75 Å². The lowest BCUT2D eigenvalue weighted by Crippen LogP contribution is -2.11. The highest BCUT2D eigenvalue weighted by molar-refractivity contribution is 6.36. The SMILES string of the molecule is COc1ccc(-c2ccc3c4c(C(N)=O)cccc4n(Cc4c(Cl)cccc4Cl)c3c2)cc1. The van der Waals surface area contributed by atoms with Crippen molar-refractivity contribution in [3.05, 3.63) is 100 Å². The maximum absolute atomic E-state index is 12.2. The Hall–Kier alpha value is -3.47. The molecule has 0 unspecified atom stereocenters. The van der Waals surface area contributed by atoms with E-state index in [1.165, 1.54) is 0 Å². The lowest BCUT2D eigenvalue weighted by molar-refractivity contribution is 0.100. The van der Waals surface area contributed by atoms with E-state index in [0.717, 1.165) is 44.2 Å². The molecule has 1 aromatic heterocycles. The minimum absolute atomic E-state index is 0.451. The molecule has 164 valence electrons. The first-order chi connectivity index (χ1) is 16.0. The summed E-state index contributed by atoms with van der Waals surface area (Å²) in [5, 5.41) is 2.95. The van der Waals surface area contributed by atoms with E-state index < -0.39 is 5.91 Å². The molecule has 1 heterocycles. The fourth-order valence-electron chi connectivity index (χ4n) is 4.32. The van der Waals surface area contributed by atoms with Crippen LogP contribution in [0.25, 0.3) is 32.9 Å². The van der Waals surface area contributed by atoms with E-state index in [9.17, 15) is 4.79 Å². The Morgan fingerprint density at radius 3 is 2.21 bits per heavy atom. The molecule has 5 aromatic rings. The highest BCUT2D eigenvalue weighted by atomic mass is 35.5. The summed E-state index contributed by atoms with van der Waals surface area (Å²) in [6.07, 6.45) is 0. The third-order valence-corrected chi connectivity index (χ3v) is 6.67. The largest absolute Gasteiger partial charge is 0.497 e. The number of primary amides is 1. The molecule has 0 fully saturated rings. The maximum atomic E-state index is 12.2. The zero-order valence-electron chi connectivity index (χ0n) is 17.8. The smallest absolute Gasteiger partial charge is 0.249 e. The third kappa shape index (κ3) is 3.71. The number of rotatable bonds is 5. The van der Waals surface area contributed by atoms with Crippen molar-refractivity contribution in [3.63, 3.8) is 0 Å². The summed E-state index contributed by atoms with van der Waals surface area (Å²) in [5.74, 6) is 0.336. The number of methoxy groups -OCH3 is 1. The number of hydrogen-bond acceptors (Lipinski definition) is 2. The van der Waals surface area contributed by atoms with Crippen LogP contribution in [0.15, 0.2) is 78.9 Å². The van der Waals surface area contributed by atoms with Crippen LogP contribution in [0.1, 0.15) is 15.9 Å². The van der Waals surface area contributed by atoms with Crippen molar-refractivity contribution in [2.75, 3.05) is 7.11 Å². The molecule has 5 rings (SSSR count). The zero-order chi connectivity index (χ0) is 23.1. The summed E-state index contributed by atoms with van der Waals surface area (Å²) in [4.78, 5) is 12.2. The van der Waals surface area contributed by atoms with Crippen molar-refractivity contribution < 1.29 is 9.53 Å². The predicted octanol–water partition coefficient (Wildman–Crippen LogP) is 6.92. The Labute approximate surface area is 201 Å². The first-order valence-electron chi connectivity index (χ1n) is 10.4. The number of amides is 1. The van der Waals surface area contributed by atoms with Gasteiger partial charge in [0, 0.05) is 31.9 Å². The fourth-order valence-corrected chi connectivity index (χ4v) is 4.84. The third-order valence-electron chi connectivity index (χ3n) is 5.96. The first kappa shape index (κ1) is 21.4. The number of fused-ring (bicyclic) bond motifs is 3. The number of benzene rings is 4. The predicted molar refractivity (Wildman–Crippen MR) is 136 cm³/mol. The second kappa shape index (κ2) is 8.47. The molecule has 4 nitrogen and oxygen atoms in total. The van der Waals surface area contributed by atoms with Gasteiger partial charge < -0.3 is 15.0 Å². The number of halogens is 2. The molecule has 0 aliphatic rings. The Morgan fingerprint density at radius 1 is 0.879 bits per heavy atom. The van der Waals surface area contributed by atoms with E-state index >= 15 is 0 Å². The molecule has 0 atom stereocenters. The highest BCUT2D eigenvalue weighted by Gasteiger charge is 2.18. The van der Waals surface area contributed by atoms with Gasteiger partial charge in [-0.25, -0.2) is 0 Å². The first-order valence-corrected chi connectivity index (χ1v) is 11.2. The summed E-state index contributed by atoms with van der Waals surface area (Å²) in [7, 11) is 1.65. The molecule has 0 saturated heterocycles. The Kier molecular flexibility index (Phi) is 5.49. The number of nitrogens with zero attached hydrogens (tertiary/aromatic N) is 1. The Balaban J connectivity index is 1.79. The molecule has 0 aliphatic heterocycles. The lowest BCUT2D eigenvalue weighted by Gasteiger charge is -2.12. The second-order valence-corrected chi connectivity index (χ2v) is 8.63. The van der Waals surface area contributed by atoms with Crippen molar-refractivity contribution in [2.45, 2.75) is 6.54 Å².